The molecule has 0 aromatic carbocycles. The van der Waals surface area contributed by atoms with Crippen LogP contribution in [-0.2, 0) is 0 Å². The fourth-order valence-electron chi connectivity index (χ4n) is 0. The van der Waals surface area contributed by atoms with Crippen molar-refractivity contribution in [1.29, 1.82) is 0 Å². The van der Waals surface area contributed by atoms with Gasteiger partial charge >= 0.3 is 0 Å². The predicted molar refractivity (Wildman–Crippen MR) is 30.4 cm³/mol. The van der Waals surface area contributed by atoms with E-state index in [2.05, 4.69) is 6.92 Å². The van der Waals surface area contributed by atoms with Gasteiger partial charge in [0.25, 0.3) is 0 Å². The van der Waals surface area contributed by atoms with E-state index in [1.165, 1.54) is 4.43 Å². The smallest absolute Gasteiger partial charge is 0.00226 e. The minimum atomic E-state index is 0.0828. The van der Waals surface area contributed by atoms with Crippen LogP contribution in [0.15, 0.2) is 0 Å². The summed E-state index contributed by atoms with van der Waals surface area (Å²) in [5.74, 6) is 0. The van der Waals surface area contributed by atoms with Gasteiger partial charge in [0.1, 0.15) is 0 Å². The molecule has 27 valence electrons. The fourth-order valence-corrected chi connectivity index (χ4v) is 0. The first-order valence-corrected chi connectivity index (χ1v) is 5.37. The summed E-state index contributed by atoms with van der Waals surface area (Å²) in [5.41, 5.74) is 0. The van der Waals surface area contributed by atoms with Crippen LogP contribution in [0.25, 0.3) is 0 Å². The van der Waals surface area contributed by atoms with Gasteiger partial charge in [-0.25, -0.2) is 0 Å². The largest absolute Gasteiger partial charge is 0.0559 e. The highest BCUT2D eigenvalue weighted by molar-refractivity contribution is 14.2. The molecule has 0 fully saturated rings. The summed E-state index contributed by atoms with van der Waals surface area (Å²) in [6.45, 7) is 2.10. The Hall–Kier alpha value is 1.02. The van der Waals surface area contributed by atoms with Crippen molar-refractivity contribution in [2.45, 2.75) is 6.92 Å². The van der Waals surface area contributed by atoms with Crippen LogP contribution in [0.5, 0.6) is 0 Å². The van der Waals surface area contributed by atoms with Crippen molar-refractivity contribution in [3.63, 3.8) is 0 Å². The normalized spacial score (nSPS) is 7.50. The molecule has 0 spiro atoms. The molecule has 0 bridgehead atoms. The zero-order valence-corrected chi connectivity index (χ0v) is 5.38. The molecule has 0 nitrogen and oxygen atoms in total. The van der Waals surface area contributed by atoms with Gasteiger partial charge in [0.15, 0.2) is 0 Å². The average Bonchev–Trinajstić information content (AvgIpc) is 1.37. The van der Waals surface area contributed by atoms with Crippen molar-refractivity contribution in [2.75, 3.05) is 4.43 Å². The second-order valence-corrected chi connectivity index (χ2v) is 3.83. The molecule has 0 unspecified atom stereocenters. The molecule has 0 rings (SSSR count). The van der Waals surface area contributed by atoms with Crippen molar-refractivity contribution >= 4 is 29.0 Å². The Morgan fingerprint density at radius 1 is 2.00 bits per heavy atom. The number of hydrogen-bond donors (Lipinski definition) is 0. The van der Waals surface area contributed by atoms with Crippen LogP contribution >= 0.6 is 29.0 Å². The molecule has 1 radical (unpaired) electrons. The van der Waals surface area contributed by atoms with Crippen LogP contribution in [0, 0.1) is 0 Å². The van der Waals surface area contributed by atoms with Crippen LogP contribution in [0.1, 0.15) is 6.92 Å². The summed E-state index contributed by atoms with van der Waals surface area (Å²) in [4.78, 5) is 0. The molecular weight excluding hydrogens is 186 g/mol. The third kappa shape index (κ3) is 3.02. The van der Waals surface area contributed by atoms with Gasteiger partial charge in [0.05, 0.1) is 0 Å². The molecule has 0 N–H and O–H groups in total. The van der Waals surface area contributed by atoms with E-state index >= 15 is 0 Å². The lowest BCUT2D eigenvalue weighted by molar-refractivity contribution is 1.58. The first-order valence-electron chi connectivity index (χ1n) is 1.12. The molecule has 0 aliphatic heterocycles. The predicted octanol–water partition coefficient (Wildman–Crippen LogP) is 2.13. The molecule has 0 aromatic rings. The van der Waals surface area contributed by atoms with Gasteiger partial charge < -0.3 is 0 Å². The zero-order valence-electron chi connectivity index (χ0n) is 2.46. The van der Waals surface area contributed by atoms with Crippen LogP contribution < -0.4 is 0 Å². The maximum atomic E-state index is 5.30. The van der Waals surface area contributed by atoms with Gasteiger partial charge in [-0.2, -0.15) is 0 Å². The molecule has 0 atom stereocenters. The Balaban J connectivity index is 1.97. The Morgan fingerprint density at radius 3 is 2.25 bits per heavy atom. The monoisotopic (exact) mass is 191 g/mol. The fraction of sp³-hybridized carbons (Fsp3) is 1.00. The van der Waals surface area contributed by atoms with E-state index in [0.717, 1.165) is 0 Å². The van der Waals surface area contributed by atoms with Gasteiger partial charge in [0.2, 0.25) is 0 Å². The van der Waals surface area contributed by atoms with Crippen LogP contribution in [0.2, 0.25) is 0 Å². The van der Waals surface area contributed by atoms with Gasteiger partial charge in [-0.15, -0.1) is 0 Å². The van der Waals surface area contributed by atoms with E-state index in [4.69, 9.17) is 8.91 Å². The summed E-state index contributed by atoms with van der Waals surface area (Å²) < 4.78 is 1.19. The van der Waals surface area contributed by atoms with Gasteiger partial charge in [-0.3, -0.25) is 0 Å². The summed E-state index contributed by atoms with van der Waals surface area (Å²) in [6.07, 6.45) is 0. The molecule has 2 heteroatoms. The highest BCUT2D eigenvalue weighted by Crippen LogP contribution is 2.13. The third-order valence-electron chi connectivity index (χ3n) is 0.101. The Morgan fingerprint density at radius 2 is 2.25 bits per heavy atom. The molecule has 0 heterocycles. The van der Waals surface area contributed by atoms with Crippen LogP contribution in [0.3, 0.4) is 0 Å². The van der Waals surface area contributed by atoms with E-state index in [-0.39, 0.29) is 20.1 Å². The third-order valence-corrected chi connectivity index (χ3v) is 2.03. The molecule has 0 amide bonds. The lowest BCUT2D eigenvalue weighted by Crippen LogP contribution is -1.40. The number of halogens is 2. The lowest BCUT2D eigenvalue weighted by atomic mass is 11.0. The standard InChI is InChI=1S/C2H5ClI/c1-2-4-3/h2H2,1H3. The minimum absolute atomic E-state index is 0.0828. The van der Waals surface area contributed by atoms with Crippen molar-refractivity contribution < 1.29 is 0 Å². The van der Waals surface area contributed by atoms with Crippen molar-refractivity contribution in [1.82, 2.24) is 0 Å². The van der Waals surface area contributed by atoms with Gasteiger partial charge in [0, 0.05) is 4.43 Å². The van der Waals surface area contributed by atoms with E-state index in [1.807, 2.05) is 0 Å². The van der Waals surface area contributed by atoms with E-state index in [9.17, 15) is 0 Å². The highest BCUT2D eigenvalue weighted by atomic mass is 127. The lowest BCUT2D eigenvalue weighted by Gasteiger charge is -1.65. The summed E-state index contributed by atoms with van der Waals surface area (Å²) in [6, 6.07) is 0. The van der Waals surface area contributed by atoms with Crippen molar-refractivity contribution in [3.8, 4) is 0 Å². The highest BCUT2D eigenvalue weighted by Gasteiger charge is 1.59. The SMILES string of the molecule is CC[I]Cl. The number of alkyl halides is 1. The van der Waals surface area contributed by atoms with Gasteiger partial charge in [-0.1, -0.05) is 15.8 Å². The first-order chi connectivity index (χ1) is 1.91. The maximum Gasteiger partial charge on any atom is 0.00226 e. The van der Waals surface area contributed by atoms with E-state index < -0.39 is 0 Å². The molecule has 0 aliphatic rings. The molecule has 0 aliphatic carbocycles. The first kappa shape index (κ1) is 5.02. The zero-order chi connectivity index (χ0) is 3.41. The Kier molecular flexibility index (Phi) is 5.05. The van der Waals surface area contributed by atoms with E-state index in [1.54, 1.807) is 0 Å². The van der Waals surface area contributed by atoms with Crippen molar-refractivity contribution in [2.24, 2.45) is 0 Å². The topological polar surface area (TPSA) is 0 Å². The Labute approximate surface area is 40.5 Å². The molecule has 0 aromatic heterocycles. The van der Waals surface area contributed by atoms with E-state index in [0.29, 0.717) is 0 Å². The van der Waals surface area contributed by atoms with Gasteiger partial charge in [-0.05, 0) is 20.1 Å². The van der Waals surface area contributed by atoms with Crippen LogP contribution in [-0.4, -0.2) is 4.43 Å². The van der Waals surface area contributed by atoms with Crippen molar-refractivity contribution in [3.05, 3.63) is 0 Å². The molecular formula is C2H5ClI. The number of rotatable bonds is 1. The quantitative estimate of drug-likeness (QED) is 0.440. The minimum Gasteiger partial charge on any atom is -0.0559 e. The molecule has 0 saturated heterocycles. The second kappa shape index (κ2) is 4.02. The summed E-state index contributed by atoms with van der Waals surface area (Å²) >= 11 is 0.0828. The average molecular weight is 191 g/mol. The maximum absolute atomic E-state index is 5.30. The molecule has 0 saturated carbocycles. The number of hydrogen-bond acceptors (Lipinski definition) is 0. The summed E-state index contributed by atoms with van der Waals surface area (Å²) in [7, 11) is 5.30. The second-order valence-electron chi connectivity index (χ2n) is 0.368. The Bertz CT molecular complexity index is 8.00. The summed E-state index contributed by atoms with van der Waals surface area (Å²) in [5, 5.41) is 0. The van der Waals surface area contributed by atoms with Crippen LogP contribution in [0.4, 0.5) is 0 Å². The molecule has 4 heavy (non-hydrogen) atoms.